The number of hydrogen-bond donors (Lipinski definition) is 0. The fourth-order valence-corrected chi connectivity index (χ4v) is 2.23. The first-order valence-electron chi connectivity index (χ1n) is 6.14. The lowest BCUT2D eigenvalue weighted by atomic mass is 10.1. The van der Waals surface area contributed by atoms with Crippen molar-refractivity contribution in [1.82, 2.24) is 4.98 Å². The molecule has 0 radical (unpaired) electrons. The van der Waals surface area contributed by atoms with Gasteiger partial charge in [-0.1, -0.05) is 19.1 Å². The van der Waals surface area contributed by atoms with E-state index in [2.05, 4.69) is 4.98 Å². The van der Waals surface area contributed by atoms with Crippen molar-refractivity contribution in [2.75, 3.05) is 4.90 Å². The fraction of sp³-hybridized carbons (Fsp3) is 0.133. The third-order valence-electron chi connectivity index (χ3n) is 3.27. The summed E-state index contributed by atoms with van der Waals surface area (Å²) < 4.78 is 0. The van der Waals surface area contributed by atoms with E-state index < -0.39 is 0 Å². The summed E-state index contributed by atoms with van der Waals surface area (Å²) in [6.07, 6.45) is 3.83. The summed E-state index contributed by atoms with van der Waals surface area (Å²) >= 11 is 0. The molecule has 19 heavy (non-hydrogen) atoms. The second-order valence-corrected chi connectivity index (χ2v) is 4.39. The van der Waals surface area contributed by atoms with Crippen LogP contribution in [-0.4, -0.2) is 16.8 Å². The topological polar surface area (TPSA) is 50.3 Å². The second-order valence-electron chi connectivity index (χ2n) is 4.39. The molecule has 2 amide bonds. The number of benzene rings is 1. The highest BCUT2D eigenvalue weighted by molar-refractivity contribution is 6.34. The number of hydrogen-bond acceptors (Lipinski definition) is 3. The molecule has 0 aliphatic carbocycles. The summed E-state index contributed by atoms with van der Waals surface area (Å²) in [7, 11) is 0. The number of rotatable bonds is 2. The van der Waals surface area contributed by atoms with E-state index in [0.29, 0.717) is 16.8 Å². The van der Waals surface area contributed by atoms with Gasteiger partial charge in [-0.15, -0.1) is 0 Å². The maximum atomic E-state index is 12.3. The van der Waals surface area contributed by atoms with Gasteiger partial charge in [-0.3, -0.25) is 14.6 Å². The van der Waals surface area contributed by atoms with Gasteiger partial charge in [0, 0.05) is 12.4 Å². The summed E-state index contributed by atoms with van der Waals surface area (Å²) in [5.41, 5.74) is 2.49. The van der Waals surface area contributed by atoms with Crippen molar-refractivity contribution in [3.05, 3.63) is 59.4 Å². The second kappa shape index (κ2) is 4.31. The fourth-order valence-electron chi connectivity index (χ4n) is 2.23. The first-order valence-corrected chi connectivity index (χ1v) is 6.14. The van der Waals surface area contributed by atoms with Crippen LogP contribution < -0.4 is 4.90 Å². The number of nitrogens with zero attached hydrogens (tertiary/aromatic N) is 2. The zero-order chi connectivity index (χ0) is 13.4. The molecular formula is C15H12N2O2. The van der Waals surface area contributed by atoms with E-state index in [-0.39, 0.29) is 11.8 Å². The molecule has 0 N–H and O–H groups in total. The van der Waals surface area contributed by atoms with Crippen LogP contribution in [0, 0.1) is 0 Å². The Morgan fingerprint density at radius 3 is 2.63 bits per heavy atom. The van der Waals surface area contributed by atoms with Gasteiger partial charge in [-0.2, -0.15) is 0 Å². The minimum Gasteiger partial charge on any atom is -0.268 e. The first-order chi connectivity index (χ1) is 9.22. The van der Waals surface area contributed by atoms with Gasteiger partial charge in [0.15, 0.2) is 0 Å². The van der Waals surface area contributed by atoms with Crippen molar-refractivity contribution in [2.45, 2.75) is 13.3 Å². The van der Waals surface area contributed by atoms with Crippen LogP contribution in [0.4, 0.5) is 5.69 Å². The number of anilines is 1. The number of imide groups is 1. The van der Waals surface area contributed by atoms with E-state index in [1.807, 2.05) is 25.1 Å². The Labute approximate surface area is 110 Å². The van der Waals surface area contributed by atoms with Crippen molar-refractivity contribution in [1.29, 1.82) is 0 Å². The van der Waals surface area contributed by atoms with Gasteiger partial charge in [0.25, 0.3) is 11.8 Å². The van der Waals surface area contributed by atoms with Crippen LogP contribution in [0.5, 0.6) is 0 Å². The average molecular weight is 252 g/mol. The number of amides is 2. The molecule has 2 heterocycles. The Bertz CT molecular complexity index is 644. The summed E-state index contributed by atoms with van der Waals surface area (Å²) in [5, 5.41) is 0. The van der Waals surface area contributed by atoms with Gasteiger partial charge in [0.05, 0.1) is 16.8 Å². The largest absolute Gasteiger partial charge is 0.268 e. The third-order valence-corrected chi connectivity index (χ3v) is 3.27. The molecule has 3 rings (SSSR count). The summed E-state index contributed by atoms with van der Waals surface area (Å²) in [6.45, 7) is 2.03. The molecule has 1 aliphatic heterocycles. The molecular weight excluding hydrogens is 240 g/mol. The molecule has 0 bridgehead atoms. The quantitative estimate of drug-likeness (QED) is 0.771. The van der Waals surface area contributed by atoms with Gasteiger partial charge in [0.2, 0.25) is 0 Å². The van der Waals surface area contributed by atoms with Crippen LogP contribution in [0.1, 0.15) is 33.2 Å². The predicted octanol–water partition coefficient (Wildman–Crippen LogP) is 2.44. The Hall–Kier alpha value is -2.49. The van der Waals surface area contributed by atoms with Crippen LogP contribution in [-0.2, 0) is 6.42 Å². The van der Waals surface area contributed by atoms with Gasteiger partial charge in [-0.25, -0.2) is 4.90 Å². The SMILES string of the molecule is CCc1cccc(N2C(=O)c3ccncc3C2=O)c1. The number of carbonyl (C=O) groups excluding carboxylic acids is 2. The normalized spacial score (nSPS) is 13.8. The van der Waals surface area contributed by atoms with Crippen molar-refractivity contribution in [2.24, 2.45) is 0 Å². The number of aromatic nitrogens is 1. The molecule has 0 saturated heterocycles. The molecule has 1 aromatic carbocycles. The number of pyridine rings is 1. The van der Waals surface area contributed by atoms with Crippen LogP contribution in [0.3, 0.4) is 0 Å². The molecule has 1 aliphatic rings. The molecule has 0 saturated carbocycles. The van der Waals surface area contributed by atoms with Crippen molar-refractivity contribution < 1.29 is 9.59 Å². The lowest BCUT2D eigenvalue weighted by Gasteiger charge is -2.14. The molecule has 0 atom stereocenters. The molecule has 0 unspecified atom stereocenters. The van der Waals surface area contributed by atoms with E-state index in [4.69, 9.17) is 0 Å². The minimum absolute atomic E-state index is 0.282. The van der Waals surface area contributed by atoms with Crippen molar-refractivity contribution in [3.63, 3.8) is 0 Å². The molecule has 1 aromatic heterocycles. The summed E-state index contributed by atoms with van der Waals surface area (Å²) in [6, 6.07) is 9.06. The monoisotopic (exact) mass is 252 g/mol. The van der Waals surface area contributed by atoms with Crippen molar-refractivity contribution in [3.8, 4) is 0 Å². The minimum atomic E-state index is -0.304. The Balaban J connectivity index is 2.08. The van der Waals surface area contributed by atoms with E-state index in [1.165, 1.54) is 17.3 Å². The van der Waals surface area contributed by atoms with Crippen LogP contribution in [0.2, 0.25) is 0 Å². The molecule has 0 fully saturated rings. The molecule has 94 valence electrons. The van der Waals surface area contributed by atoms with Crippen LogP contribution >= 0.6 is 0 Å². The Morgan fingerprint density at radius 2 is 1.89 bits per heavy atom. The Morgan fingerprint density at radius 1 is 1.11 bits per heavy atom. The highest BCUT2D eigenvalue weighted by Crippen LogP contribution is 2.28. The maximum absolute atomic E-state index is 12.3. The maximum Gasteiger partial charge on any atom is 0.267 e. The first kappa shape index (κ1) is 11.6. The summed E-state index contributed by atoms with van der Waals surface area (Å²) in [5.74, 6) is -0.586. The van der Waals surface area contributed by atoms with E-state index in [1.54, 1.807) is 12.1 Å². The smallest absolute Gasteiger partial charge is 0.267 e. The van der Waals surface area contributed by atoms with Gasteiger partial charge in [0.1, 0.15) is 0 Å². The van der Waals surface area contributed by atoms with Gasteiger partial charge in [-0.05, 0) is 30.2 Å². The van der Waals surface area contributed by atoms with Crippen LogP contribution in [0.25, 0.3) is 0 Å². The number of carbonyl (C=O) groups is 2. The molecule has 0 spiro atoms. The van der Waals surface area contributed by atoms with Crippen molar-refractivity contribution >= 4 is 17.5 Å². The summed E-state index contributed by atoms with van der Waals surface area (Å²) in [4.78, 5) is 29.7. The Kier molecular flexibility index (Phi) is 2.63. The van der Waals surface area contributed by atoms with Crippen LogP contribution in [0.15, 0.2) is 42.7 Å². The lowest BCUT2D eigenvalue weighted by molar-refractivity contribution is 0.0926. The van der Waals surface area contributed by atoms with E-state index >= 15 is 0 Å². The van der Waals surface area contributed by atoms with Gasteiger partial charge >= 0.3 is 0 Å². The molecule has 4 heteroatoms. The average Bonchev–Trinajstić information content (AvgIpc) is 2.72. The van der Waals surface area contributed by atoms with E-state index in [9.17, 15) is 9.59 Å². The predicted molar refractivity (Wildman–Crippen MR) is 71.2 cm³/mol. The highest BCUT2D eigenvalue weighted by atomic mass is 16.2. The number of aryl methyl sites for hydroxylation is 1. The third kappa shape index (κ3) is 1.73. The van der Waals surface area contributed by atoms with Gasteiger partial charge < -0.3 is 0 Å². The standard InChI is InChI=1S/C15H12N2O2/c1-2-10-4-3-5-11(8-10)17-14(18)12-6-7-16-9-13(12)15(17)19/h3-9H,2H2,1H3. The lowest BCUT2D eigenvalue weighted by Crippen LogP contribution is -2.29. The number of fused-ring (bicyclic) bond motifs is 1. The molecule has 2 aromatic rings. The zero-order valence-electron chi connectivity index (χ0n) is 10.5. The molecule has 4 nitrogen and oxygen atoms in total. The van der Waals surface area contributed by atoms with E-state index in [0.717, 1.165) is 12.0 Å². The zero-order valence-corrected chi connectivity index (χ0v) is 10.5. The highest BCUT2D eigenvalue weighted by Gasteiger charge is 2.36.